The summed E-state index contributed by atoms with van der Waals surface area (Å²) in [6.07, 6.45) is 3.48. The molecule has 1 aromatic heterocycles. The SMILES string of the molecule is COC(=O)CCN(Cc1ccncc1)C(=O)COc1c(C)cccc1C. The molecule has 0 spiro atoms. The third kappa shape index (κ3) is 5.58. The van der Waals surface area contributed by atoms with E-state index in [4.69, 9.17) is 4.74 Å². The minimum atomic E-state index is -0.354. The van der Waals surface area contributed by atoms with Crippen LogP contribution in [0.4, 0.5) is 0 Å². The molecular weight excluding hydrogens is 332 g/mol. The number of esters is 1. The fourth-order valence-corrected chi connectivity index (χ4v) is 2.58. The molecule has 0 fully saturated rings. The molecule has 0 aliphatic rings. The molecule has 6 heteroatoms. The number of hydrogen-bond donors (Lipinski definition) is 0. The van der Waals surface area contributed by atoms with Crippen LogP contribution in [0.1, 0.15) is 23.1 Å². The Morgan fingerprint density at radius 1 is 1.08 bits per heavy atom. The zero-order valence-electron chi connectivity index (χ0n) is 15.4. The highest BCUT2D eigenvalue weighted by Gasteiger charge is 2.17. The van der Waals surface area contributed by atoms with Gasteiger partial charge in [-0.25, -0.2) is 0 Å². The zero-order valence-corrected chi connectivity index (χ0v) is 15.4. The van der Waals surface area contributed by atoms with Gasteiger partial charge in [0, 0.05) is 25.5 Å². The molecule has 0 atom stereocenters. The second-order valence-electron chi connectivity index (χ2n) is 6.01. The Kier molecular flexibility index (Phi) is 7.14. The van der Waals surface area contributed by atoms with Gasteiger partial charge in [-0.05, 0) is 42.7 Å². The molecule has 2 aromatic rings. The molecule has 6 nitrogen and oxygen atoms in total. The van der Waals surface area contributed by atoms with Crippen molar-refractivity contribution in [2.45, 2.75) is 26.8 Å². The summed E-state index contributed by atoms with van der Waals surface area (Å²) in [5.74, 6) is 0.180. The van der Waals surface area contributed by atoms with Gasteiger partial charge < -0.3 is 14.4 Å². The van der Waals surface area contributed by atoms with Gasteiger partial charge in [-0.3, -0.25) is 14.6 Å². The van der Waals surface area contributed by atoms with Gasteiger partial charge in [0.25, 0.3) is 5.91 Å². The number of amides is 1. The van der Waals surface area contributed by atoms with Gasteiger partial charge in [-0.2, -0.15) is 0 Å². The van der Waals surface area contributed by atoms with Crippen molar-refractivity contribution in [3.8, 4) is 5.75 Å². The number of ether oxygens (including phenoxy) is 2. The first-order valence-corrected chi connectivity index (χ1v) is 8.43. The van der Waals surface area contributed by atoms with Gasteiger partial charge in [0.2, 0.25) is 0 Å². The molecule has 138 valence electrons. The normalized spacial score (nSPS) is 10.3. The number of para-hydroxylation sites is 1. The van der Waals surface area contributed by atoms with E-state index in [-0.39, 0.29) is 31.4 Å². The lowest BCUT2D eigenvalue weighted by Gasteiger charge is -2.23. The summed E-state index contributed by atoms with van der Waals surface area (Å²) in [7, 11) is 1.33. The average molecular weight is 356 g/mol. The average Bonchev–Trinajstić information content (AvgIpc) is 2.65. The van der Waals surface area contributed by atoms with Crippen molar-refractivity contribution in [2.24, 2.45) is 0 Å². The minimum Gasteiger partial charge on any atom is -0.483 e. The molecule has 0 aliphatic heterocycles. The second-order valence-corrected chi connectivity index (χ2v) is 6.01. The lowest BCUT2D eigenvalue weighted by atomic mass is 10.1. The van der Waals surface area contributed by atoms with Gasteiger partial charge in [0.15, 0.2) is 6.61 Å². The van der Waals surface area contributed by atoms with Crippen molar-refractivity contribution in [3.63, 3.8) is 0 Å². The summed E-state index contributed by atoms with van der Waals surface area (Å²) >= 11 is 0. The van der Waals surface area contributed by atoms with Gasteiger partial charge >= 0.3 is 5.97 Å². The van der Waals surface area contributed by atoms with E-state index in [1.807, 2.05) is 44.2 Å². The summed E-state index contributed by atoms with van der Waals surface area (Å²) in [5.41, 5.74) is 2.89. The molecule has 26 heavy (non-hydrogen) atoms. The van der Waals surface area contributed by atoms with Gasteiger partial charge in [0.1, 0.15) is 5.75 Å². The minimum absolute atomic E-state index is 0.0854. The fourth-order valence-electron chi connectivity index (χ4n) is 2.58. The van der Waals surface area contributed by atoms with Crippen molar-refractivity contribution < 1.29 is 19.1 Å². The van der Waals surface area contributed by atoms with Crippen LogP contribution in [0, 0.1) is 13.8 Å². The highest BCUT2D eigenvalue weighted by molar-refractivity contribution is 5.78. The van der Waals surface area contributed by atoms with Crippen LogP contribution in [0.3, 0.4) is 0 Å². The van der Waals surface area contributed by atoms with Gasteiger partial charge in [0.05, 0.1) is 13.5 Å². The Balaban J connectivity index is 2.05. The van der Waals surface area contributed by atoms with E-state index < -0.39 is 0 Å². The zero-order chi connectivity index (χ0) is 18.9. The van der Waals surface area contributed by atoms with Crippen LogP contribution in [0.25, 0.3) is 0 Å². The molecule has 0 aliphatic carbocycles. The standard InChI is InChI=1S/C20H24N2O4/c1-15-5-4-6-16(2)20(15)26-14-18(23)22(12-9-19(24)25-3)13-17-7-10-21-11-8-17/h4-8,10-11H,9,12-14H2,1-3H3. The first-order chi connectivity index (χ1) is 12.5. The number of aromatic nitrogens is 1. The first kappa shape index (κ1) is 19.4. The maximum atomic E-state index is 12.7. The molecule has 0 saturated carbocycles. The molecule has 0 radical (unpaired) electrons. The monoisotopic (exact) mass is 356 g/mol. The Bertz CT molecular complexity index is 726. The third-order valence-electron chi connectivity index (χ3n) is 4.04. The maximum Gasteiger partial charge on any atom is 0.307 e. The summed E-state index contributed by atoms with van der Waals surface area (Å²) in [6.45, 7) is 4.45. The van der Waals surface area contributed by atoms with Crippen LogP contribution in [-0.4, -0.2) is 42.0 Å². The quantitative estimate of drug-likeness (QED) is 0.680. The number of carbonyl (C=O) groups is 2. The Morgan fingerprint density at radius 2 is 1.73 bits per heavy atom. The van der Waals surface area contributed by atoms with E-state index in [9.17, 15) is 9.59 Å². The number of pyridine rings is 1. The van der Waals surface area contributed by atoms with E-state index in [1.54, 1.807) is 17.3 Å². The summed E-state index contributed by atoms with van der Waals surface area (Å²) in [5, 5.41) is 0. The predicted octanol–water partition coefficient (Wildman–Crippen LogP) is 2.67. The molecule has 0 saturated heterocycles. The van der Waals surface area contributed by atoms with E-state index in [1.165, 1.54) is 7.11 Å². The Morgan fingerprint density at radius 3 is 2.35 bits per heavy atom. The van der Waals surface area contributed by atoms with Crippen molar-refractivity contribution in [2.75, 3.05) is 20.3 Å². The van der Waals surface area contributed by atoms with E-state index >= 15 is 0 Å². The third-order valence-corrected chi connectivity index (χ3v) is 4.04. The number of hydrogen-bond acceptors (Lipinski definition) is 5. The van der Waals surface area contributed by atoms with E-state index in [0.29, 0.717) is 6.54 Å². The Labute approximate surface area is 153 Å². The molecule has 1 heterocycles. The fraction of sp³-hybridized carbons (Fsp3) is 0.350. The number of methoxy groups -OCH3 is 1. The number of rotatable bonds is 8. The number of nitrogens with zero attached hydrogens (tertiary/aromatic N) is 2. The van der Waals surface area contributed by atoms with Gasteiger partial charge in [-0.1, -0.05) is 18.2 Å². The molecule has 1 aromatic carbocycles. The lowest BCUT2D eigenvalue weighted by Crippen LogP contribution is -2.36. The van der Waals surface area contributed by atoms with Crippen LogP contribution in [-0.2, 0) is 20.9 Å². The smallest absolute Gasteiger partial charge is 0.307 e. The van der Waals surface area contributed by atoms with E-state index in [2.05, 4.69) is 9.72 Å². The first-order valence-electron chi connectivity index (χ1n) is 8.43. The molecule has 1 amide bonds. The van der Waals surface area contributed by atoms with Crippen LogP contribution in [0.5, 0.6) is 5.75 Å². The highest BCUT2D eigenvalue weighted by Crippen LogP contribution is 2.22. The van der Waals surface area contributed by atoms with Crippen molar-refractivity contribution in [1.29, 1.82) is 0 Å². The van der Waals surface area contributed by atoms with Crippen molar-refractivity contribution in [1.82, 2.24) is 9.88 Å². The number of aryl methyl sites for hydroxylation is 2. The molecule has 0 unspecified atom stereocenters. The largest absolute Gasteiger partial charge is 0.483 e. The highest BCUT2D eigenvalue weighted by atomic mass is 16.5. The predicted molar refractivity (Wildman–Crippen MR) is 97.7 cm³/mol. The molecule has 0 bridgehead atoms. The lowest BCUT2D eigenvalue weighted by molar-refractivity contribution is -0.142. The molecule has 0 N–H and O–H groups in total. The summed E-state index contributed by atoms with van der Waals surface area (Å²) < 4.78 is 10.4. The number of benzene rings is 1. The summed E-state index contributed by atoms with van der Waals surface area (Å²) in [4.78, 5) is 29.7. The summed E-state index contributed by atoms with van der Waals surface area (Å²) in [6, 6.07) is 9.51. The van der Waals surface area contributed by atoms with Crippen LogP contribution >= 0.6 is 0 Å². The van der Waals surface area contributed by atoms with Crippen LogP contribution < -0.4 is 4.74 Å². The topological polar surface area (TPSA) is 68.7 Å². The van der Waals surface area contributed by atoms with Crippen molar-refractivity contribution >= 4 is 11.9 Å². The van der Waals surface area contributed by atoms with Crippen LogP contribution in [0.15, 0.2) is 42.7 Å². The molecule has 2 rings (SSSR count). The Hall–Kier alpha value is -2.89. The van der Waals surface area contributed by atoms with Gasteiger partial charge in [-0.15, -0.1) is 0 Å². The van der Waals surface area contributed by atoms with Crippen molar-refractivity contribution in [3.05, 3.63) is 59.4 Å². The molecular formula is C20H24N2O4. The maximum absolute atomic E-state index is 12.7. The van der Waals surface area contributed by atoms with E-state index in [0.717, 1.165) is 22.4 Å². The number of carbonyl (C=O) groups excluding carboxylic acids is 2. The second kappa shape index (κ2) is 9.56. The van der Waals surface area contributed by atoms with Crippen LogP contribution in [0.2, 0.25) is 0 Å².